The van der Waals surface area contributed by atoms with Crippen LogP contribution in [0.3, 0.4) is 0 Å². The first-order valence-electron chi connectivity index (χ1n) is 14.1. The molecule has 41 heavy (non-hydrogen) atoms. The van der Waals surface area contributed by atoms with Crippen molar-refractivity contribution >= 4 is 22.6 Å². The molecule has 1 amide bonds. The molecular formula is C29H36N8O4. The van der Waals surface area contributed by atoms with Gasteiger partial charge in [0.2, 0.25) is 5.91 Å². The third-order valence-corrected chi connectivity index (χ3v) is 8.42. The van der Waals surface area contributed by atoms with Crippen molar-refractivity contribution in [2.24, 2.45) is 0 Å². The first kappa shape index (κ1) is 27.2. The van der Waals surface area contributed by atoms with Crippen LogP contribution in [0, 0.1) is 0 Å². The molecule has 0 saturated carbocycles. The van der Waals surface area contributed by atoms with Gasteiger partial charge in [0, 0.05) is 50.7 Å². The van der Waals surface area contributed by atoms with Crippen LogP contribution in [0.4, 0.5) is 5.69 Å². The van der Waals surface area contributed by atoms with E-state index in [0.29, 0.717) is 49.9 Å². The zero-order valence-electron chi connectivity index (χ0n) is 23.4. The van der Waals surface area contributed by atoms with E-state index < -0.39 is 11.2 Å². The number of anilines is 1. The number of fused-ring (bicyclic) bond motifs is 1. The summed E-state index contributed by atoms with van der Waals surface area (Å²) in [6, 6.07) is 9.61. The van der Waals surface area contributed by atoms with Gasteiger partial charge in [-0.2, -0.15) is 10.2 Å². The number of carbonyl (C=O) groups is 1. The van der Waals surface area contributed by atoms with Crippen molar-refractivity contribution in [1.82, 2.24) is 34.0 Å². The molecule has 12 nitrogen and oxygen atoms in total. The van der Waals surface area contributed by atoms with E-state index in [1.54, 1.807) is 20.5 Å². The first-order valence-corrected chi connectivity index (χ1v) is 14.1. The quantitative estimate of drug-likeness (QED) is 0.349. The Bertz CT molecular complexity index is 1580. The second kappa shape index (κ2) is 10.4. The van der Waals surface area contributed by atoms with Crippen LogP contribution in [0.25, 0.3) is 16.7 Å². The minimum atomic E-state index is -1.12. The number of hydrogen-bond acceptors (Lipinski definition) is 8. The molecule has 3 aromatic heterocycles. The Morgan fingerprint density at radius 2 is 1.78 bits per heavy atom. The van der Waals surface area contributed by atoms with Gasteiger partial charge < -0.3 is 20.0 Å². The van der Waals surface area contributed by atoms with Crippen LogP contribution in [-0.4, -0.2) is 87.5 Å². The predicted molar refractivity (Wildman–Crippen MR) is 153 cm³/mol. The zero-order valence-corrected chi connectivity index (χ0v) is 23.4. The molecule has 6 rings (SSSR count). The van der Waals surface area contributed by atoms with Gasteiger partial charge in [-0.15, -0.1) is 0 Å². The standard InChI is InChI=1S/C29H36N8O4/c1-21(36-12-3-11-31-36)16-25(38)33-14-9-29(41,10-15-33)19-35-20-30-26-24(27(35)39)17-32-37(26)23-6-4-22(5-7-23)34-13-8-28(2,40)18-34/h3-7,11-12,17,20-21,40-41H,8-10,13-16,18-19H2,1-2H3/t21-,28-/m0/s1. The average Bonchev–Trinajstić information content (AvgIpc) is 3.71. The number of nitrogens with zero attached hydrogens (tertiary/aromatic N) is 8. The van der Waals surface area contributed by atoms with Crippen LogP contribution >= 0.6 is 0 Å². The van der Waals surface area contributed by atoms with Crippen LogP contribution in [0.5, 0.6) is 0 Å². The summed E-state index contributed by atoms with van der Waals surface area (Å²) in [6.45, 7) is 6.14. The zero-order chi connectivity index (χ0) is 28.8. The number of β-amino-alcohol motifs (C(OH)–C–C–N with tert-alkyl or cyclic N) is 1. The minimum absolute atomic E-state index is 0.0306. The van der Waals surface area contributed by atoms with Gasteiger partial charge in [0.25, 0.3) is 5.56 Å². The number of benzene rings is 1. The largest absolute Gasteiger partial charge is 0.388 e. The van der Waals surface area contributed by atoms with E-state index >= 15 is 0 Å². The number of likely N-dealkylation sites (tertiary alicyclic amines) is 1. The van der Waals surface area contributed by atoms with E-state index in [9.17, 15) is 19.8 Å². The maximum Gasteiger partial charge on any atom is 0.264 e. The van der Waals surface area contributed by atoms with E-state index in [1.165, 1.54) is 17.1 Å². The maximum atomic E-state index is 13.3. The molecule has 2 fully saturated rings. The van der Waals surface area contributed by atoms with Gasteiger partial charge in [-0.25, -0.2) is 9.67 Å². The molecule has 2 saturated heterocycles. The van der Waals surface area contributed by atoms with Gasteiger partial charge in [-0.3, -0.25) is 18.8 Å². The smallest absolute Gasteiger partial charge is 0.264 e. The number of carbonyl (C=O) groups excluding carboxylic acids is 1. The molecule has 2 aliphatic heterocycles. The molecule has 2 N–H and O–H groups in total. The molecule has 5 heterocycles. The molecule has 0 spiro atoms. The third-order valence-electron chi connectivity index (χ3n) is 8.42. The van der Waals surface area contributed by atoms with Gasteiger partial charge in [0.1, 0.15) is 11.7 Å². The summed E-state index contributed by atoms with van der Waals surface area (Å²) in [4.78, 5) is 34.6. The summed E-state index contributed by atoms with van der Waals surface area (Å²) in [7, 11) is 0. The van der Waals surface area contributed by atoms with Crippen LogP contribution in [0.2, 0.25) is 0 Å². The lowest BCUT2D eigenvalue weighted by Crippen LogP contribution is -2.49. The van der Waals surface area contributed by atoms with Crippen molar-refractivity contribution in [3.8, 4) is 5.69 Å². The van der Waals surface area contributed by atoms with Gasteiger partial charge in [0.05, 0.1) is 35.7 Å². The first-order chi connectivity index (χ1) is 19.6. The Morgan fingerprint density at radius 1 is 1.05 bits per heavy atom. The van der Waals surface area contributed by atoms with Crippen molar-refractivity contribution in [2.75, 3.05) is 31.1 Å². The highest BCUT2D eigenvalue weighted by atomic mass is 16.3. The lowest BCUT2D eigenvalue weighted by Gasteiger charge is -2.38. The Morgan fingerprint density at radius 3 is 2.44 bits per heavy atom. The van der Waals surface area contributed by atoms with E-state index in [1.807, 2.05) is 50.4 Å². The Balaban J connectivity index is 1.11. The molecule has 0 unspecified atom stereocenters. The van der Waals surface area contributed by atoms with Gasteiger partial charge in [-0.05, 0) is 63.4 Å². The van der Waals surface area contributed by atoms with E-state index in [4.69, 9.17) is 0 Å². The van der Waals surface area contributed by atoms with Crippen molar-refractivity contribution in [1.29, 1.82) is 0 Å². The Hall–Kier alpha value is -4.03. The Kier molecular flexibility index (Phi) is 6.90. The molecule has 1 aromatic carbocycles. The van der Waals surface area contributed by atoms with Crippen molar-refractivity contribution in [2.45, 2.75) is 63.3 Å². The number of hydrogen-bond donors (Lipinski definition) is 2. The van der Waals surface area contributed by atoms with Crippen molar-refractivity contribution in [3.05, 3.63) is 65.6 Å². The number of amides is 1. The van der Waals surface area contributed by atoms with Crippen molar-refractivity contribution < 1.29 is 15.0 Å². The van der Waals surface area contributed by atoms with Crippen LogP contribution < -0.4 is 10.5 Å². The SMILES string of the molecule is C[C@@H](CC(=O)N1CCC(O)(Cn2cnc3c(cnn3-c3ccc(N4CC[C@](C)(O)C4)cc3)c2=O)CC1)n1cccn1. The molecule has 0 bridgehead atoms. The Labute approximate surface area is 237 Å². The molecule has 2 aliphatic rings. The molecule has 2 atom stereocenters. The highest BCUT2D eigenvalue weighted by Gasteiger charge is 2.35. The van der Waals surface area contributed by atoms with Crippen LogP contribution in [-0.2, 0) is 11.3 Å². The second-order valence-electron chi connectivity index (χ2n) is 11.8. The summed E-state index contributed by atoms with van der Waals surface area (Å²) in [5.74, 6) is 0.0306. The number of aliphatic hydroxyl groups is 2. The van der Waals surface area contributed by atoms with Crippen LogP contribution in [0.1, 0.15) is 45.6 Å². The highest BCUT2D eigenvalue weighted by molar-refractivity contribution is 5.77. The predicted octanol–water partition coefficient (Wildman–Crippen LogP) is 1.74. The summed E-state index contributed by atoms with van der Waals surface area (Å²) < 4.78 is 4.84. The summed E-state index contributed by atoms with van der Waals surface area (Å²) in [6.07, 6.45) is 8.33. The van der Waals surface area contributed by atoms with Gasteiger partial charge in [-0.1, -0.05) is 0 Å². The summed E-state index contributed by atoms with van der Waals surface area (Å²) in [5.41, 5.74) is 0.181. The maximum absolute atomic E-state index is 13.3. The minimum Gasteiger partial charge on any atom is -0.388 e. The molecule has 12 heteroatoms. The highest BCUT2D eigenvalue weighted by Crippen LogP contribution is 2.28. The molecule has 216 valence electrons. The molecule has 0 radical (unpaired) electrons. The summed E-state index contributed by atoms with van der Waals surface area (Å²) in [5, 5.41) is 30.6. The lowest BCUT2D eigenvalue weighted by molar-refractivity contribution is -0.136. The van der Waals surface area contributed by atoms with Crippen molar-refractivity contribution in [3.63, 3.8) is 0 Å². The molecule has 0 aliphatic carbocycles. The van der Waals surface area contributed by atoms with Gasteiger partial charge in [0.15, 0.2) is 5.65 Å². The number of piperidine rings is 1. The molecule has 4 aromatic rings. The van der Waals surface area contributed by atoms with E-state index in [-0.39, 0.29) is 24.1 Å². The molecular weight excluding hydrogens is 524 g/mol. The number of aromatic nitrogens is 6. The normalized spacial score (nSPS) is 21.5. The second-order valence-corrected chi connectivity index (χ2v) is 11.8. The van der Waals surface area contributed by atoms with Crippen LogP contribution in [0.15, 0.2) is 60.0 Å². The fraction of sp³-hybridized carbons (Fsp3) is 0.483. The third kappa shape index (κ3) is 5.49. The average molecular weight is 561 g/mol. The monoisotopic (exact) mass is 560 g/mol. The fourth-order valence-corrected chi connectivity index (χ4v) is 5.88. The fourth-order valence-electron chi connectivity index (χ4n) is 5.88. The lowest BCUT2D eigenvalue weighted by atomic mass is 9.91. The number of rotatable bonds is 7. The topological polar surface area (TPSA) is 135 Å². The van der Waals surface area contributed by atoms with E-state index in [0.717, 1.165) is 24.3 Å². The van der Waals surface area contributed by atoms with Gasteiger partial charge >= 0.3 is 0 Å². The van der Waals surface area contributed by atoms with E-state index in [2.05, 4.69) is 20.1 Å². The summed E-state index contributed by atoms with van der Waals surface area (Å²) >= 11 is 0.